The van der Waals surface area contributed by atoms with Crippen LogP contribution in [0.4, 0.5) is 0 Å². The fraction of sp³-hybridized carbons (Fsp3) is 0.462. The molecule has 0 fully saturated rings. The molecule has 0 aliphatic carbocycles. The van der Waals surface area contributed by atoms with Crippen LogP contribution >= 0.6 is 23.2 Å². The van der Waals surface area contributed by atoms with E-state index in [-0.39, 0.29) is 22.0 Å². The number of carbonyl (C=O) groups is 2. The van der Waals surface area contributed by atoms with E-state index in [9.17, 15) is 14.7 Å². The van der Waals surface area contributed by atoms with E-state index in [0.717, 1.165) is 29.4 Å². The minimum absolute atomic E-state index is 0.0941. The van der Waals surface area contributed by atoms with Gasteiger partial charge >= 0.3 is 13.5 Å². The minimum atomic E-state index is -1.07. The van der Waals surface area contributed by atoms with Crippen molar-refractivity contribution in [1.29, 1.82) is 0 Å². The summed E-state index contributed by atoms with van der Waals surface area (Å²) in [5, 5.41) is 13.5. The lowest BCUT2D eigenvalue weighted by atomic mass is 9.79. The normalized spacial score (nSPS) is 14.3. The fourth-order valence-corrected chi connectivity index (χ4v) is 4.26. The van der Waals surface area contributed by atoms with Crippen molar-refractivity contribution in [2.45, 2.75) is 64.2 Å². The van der Waals surface area contributed by atoms with Crippen LogP contribution in [-0.2, 0) is 27.0 Å². The average Bonchev–Trinajstić information content (AvgIpc) is 2.81. The molecular weight excluding hydrogens is 504 g/mol. The summed E-state index contributed by atoms with van der Waals surface area (Å²) in [6.45, 7) is 7.54. The lowest BCUT2D eigenvalue weighted by Crippen LogP contribution is -2.49. The highest BCUT2D eigenvalue weighted by molar-refractivity contribution is 6.48. The van der Waals surface area contributed by atoms with E-state index in [2.05, 4.69) is 5.32 Å². The van der Waals surface area contributed by atoms with Gasteiger partial charge in [-0.3, -0.25) is 4.79 Å². The van der Waals surface area contributed by atoms with Gasteiger partial charge in [0.15, 0.2) is 0 Å². The van der Waals surface area contributed by atoms with Gasteiger partial charge in [0.1, 0.15) is 11.8 Å². The Labute approximate surface area is 222 Å². The number of halogens is 2. The molecule has 1 aliphatic rings. The van der Waals surface area contributed by atoms with E-state index in [1.54, 1.807) is 53.4 Å². The molecule has 10 heteroatoms. The topological polar surface area (TPSA) is 94.1 Å². The number of methoxy groups -OCH3 is 1. The summed E-state index contributed by atoms with van der Waals surface area (Å²) in [5.41, 5.74) is 0.681. The molecule has 0 bridgehead atoms. The standard InChI is InChI=1S/C26H31BCl2NO6/c1-25(2,33)26(3,4)36-27-17-12-11-15(16-8-7-13-35-22(16)17)14-20(24(32)34-5)30-23(31)21-18(28)9-6-10-19(21)29/h6,9-12,20,33H,7-8,13-14H2,1-5H3,(H,30,31)/t20-/m0/s1. The Hall–Kier alpha value is -2.26. The molecule has 0 saturated carbocycles. The first-order valence-corrected chi connectivity index (χ1v) is 12.4. The smallest absolute Gasteiger partial charge is 0.334 e. The van der Waals surface area contributed by atoms with Gasteiger partial charge in [-0.25, -0.2) is 4.79 Å². The van der Waals surface area contributed by atoms with Gasteiger partial charge in [-0.2, -0.15) is 0 Å². The first kappa shape index (κ1) is 28.3. The summed E-state index contributed by atoms with van der Waals surface area (Å²) in [6.07, 6.45) is 1.73. The molecule has 3 rings (SSSR count). The molecule has 193 valence electrons. The molecule has 36 heavy (non-hydrogen) atoms. The summed E-state index contributed by atoms with van der Waals surface area (Å²) < 4.78 is 16.9. The van der Waals surface area contributed by atoms with E-state index in [1.165, 1.54) is 7.11 Å². The monoisotopic (exact) mass is 534 g/mol. The molecule has 1 aliphatic heterocycles. The van der Waals surface area contributed by atoms with Crippen molar-refractivity contribution in [1.82, 2.24) is 5.32 Å². The van der Waals surface area contributed by atoms with Crippen molar-refractivity contribution in [3.8, 4) is 5.75 Å². The van der Waals surface area contributed by atoms with Crippen LogP contribution in [0.3, 0.4) is 0 Å². The van der Waals surface area contributed by atoms with Gasteiger partial charge in [-0.1, -0.05) is 41.4 Å². The summed E-state index contributed by atoms with van der Waals surface area (Å²) in [4.78, 5) is 25.6. The number of hydrogen-bond acceptors (Lipinski definition) is 6. The van der Waals surface area contributed by atoms with E-state index in [4.69, 9.17) is 37.3 Å². The number of carbonyl (C=O) groups excluding carboxylic acids is 2. The average molecular weight is 535 g/mol. The third-order valence-corrected chi connectivity index (χ3v) is 7.19. The molecule has 0 aromatic heterocycles. The lowest BCUT2D eigenvalue weighted by molar-refractivity contribution is -0.142. The van der Waals surface area contributed by atoms with E-state index in [0.29, 0.717) is 12.4 Å². The largest absolute Gasteiger partial charge is 0.494 e. The number of hydrogen-bond donors (Lipinski definition) is 2. The highest BCUT2D eigenvalue weighted by Gasteiger charge is 2.36. The molecule has 1 atom stereocenters. The number of aliphatic hydroxyl groups is 1. The highest BCUT2D eigenvalue weighted by atomic mass is 35.5. The molecule has 1 radical (unpaired) electrons. The maximum atomic E-state index is 13.0. The summed E-state index contributed by atoms with van der Waals surface area (Å²) >= 11 is 12.3. The van der Waals surface area contributed by atoms with Crippen LogP contribution in [0.25, 0.3) is 0 Å². The first-order valence-electron chi connectivity index (χ1n) is 11.7. The second kappa shape index (κ2) is 11.4. The number of rotatable bonds is 9. The Morgan fingerprint density at radius 2 is 1.83 bits per heavy atom. The van der Waals surface area contributed by atoms with Crippen molar-refractivity contribution in [3.05, 3.63) is 57.1 Å². The molecule has 1 amide bonds. The zero-order chi connectivity index (χ0) is 26.7. The maximum Gasteiger partial charge on any atom is 0.334 e. The summed E-state index contributed by atoms with van der Waals surface area (Å²) in [7, 11) is 2.85. The molecule has 2 N–H and O–H groups in total. The Kier molecular flexibility index (Phi) is 8.99. The van der Waals surface area contributed by atoms with Crippen molar-refractivity contribution >= 4 is 48.0 Å². The molecule has 0 spiro atoms. The molecule has 1 heterocycles. The van der Waals surface area contributed by atoms with E-state index >= 15 is 0 Å². The zero-order valence-electron chi connectivity index (χ0n) is 21.1. The van der Waals surface area contributed by atoms with Gasteiger partial charge < -0.3 is 24.6 Å². The number of amides is 1. The number of ether oxygens (including phenoxy) is 2. The van der Waals surface area contributed by atoms with Crippen LogP contribution in [0.5, 0.6) is 5.75 Å². The molecule has 2 aromatic rings. The molecule has 7 nitrogen and oxygen atoms in total. The van der Waals surface area contributed by atoms with E-state index in [1.807, 2.05) is 12.1 Å². The SMILES string of the molecule is COC(=O)[C@H](Cc1ccc([B]OC(C)(C)C(C)(C)O)c2c1CCCO2)NC(=O)c1c(Cl)cccc1Cl. The van der Waals surface area contributed by atoms with Gasteiger partial charge in [0, 0.05) is 6.42 Å². The number of esters is 1. The lowest BCUT2D eigenvalue weighted by Gasteiger charge is -2.37. The second-order valence-corrected chi connectivity index (χ2v) is 10.5. The predicted octanol–water partition coefficient (Wildman–Crippen LogP) is 3.64. The zero-order valence-corrected chi connectivity index (χ0v) is 22.6. The van der Waals surface area contributed by atoms with Crippen LogP contribution in [0, 0.1) is 0 Å². The molecule has 0 saturated heterocycles. The van der Waals surface area contributed by atoms with Gasteiger partial charge in [-0.15, -0.1) is 0 Å². The van der Waals surface area contributed by atoms with Crippen LogP contribution < -0.4 is 15.5 Å². The number of fused-ring (bicyclic) bond motifs is 1. The second-order valence-electron chi connectivity index (χ2n) is 9.73. The third kappa shape index (κ3) is 6.35. The fourth-order valence-electron chi connectivity index (χ4n) is 3.69. The van der Waals surface area contributed by atoms with Crippen LogP contribution in [-0.4, -0.2) is 55.4 Å². The number of benzene rings is 2. The van der Waals surface area contributed by atoms with Crippen molar-refractivity contribution in [3.63, 3.8) is 0 Å². The number of nitrogens with one attached hydrogen (secondary N) is 1. The van der Waals surface area contributed by atoms with Gasteiger partial charge in [0.25, 0.3) is 5.91 Å². The van der Waals surface area contributed by atoms with Gasteiger partial charge in [0.2, 0.25) is 0 Å². The van der Waals surface area contributed by atoms with Crippen LogP contribution in [0.1, 0.15) is 55.6 Å². The predicted molar refractivity (Wildman–Crippen MR) is 141 cm³/mol. The Morgan fingerprint density at radius 1 is 1.17 bits per heavy atom. The van der Waals surface area contributed by atoms with E-state index < -0.39 is 29.1 Å². The third-order valence-electron chi connectivity index (χ3n) is 6.56. The molecule has 2 aromatic carbocycles. The molecular formula is C26H31BCl2NO6. The maximum absolute atomic E-state index is 13.0. The Bertz CT molecular complexity index is 1110. The van der Waals surface area contributed by atoms with Crippen molar-refractivity contribution in [2.24, 2.45) is 0 Å². The van der Waals surface area contributed by atoms with Crippen molar-refractivity contribution in [2.75, 3.05) is 13.7 Å². The van der Waals surface area contributed by atoms with Gasteiger partial charge in [-0.05, 0) is 69.3 Å². The molecule has 0 unspecified atom stereocenters. The highest BCUT2D eigenvalue weighted by Crippen LogP contribution is 2.30. The van der Waals surface area contributed by atoms with Crippen molar-refractivity contribution < 1.29 is 28.8 Å². The first-order chi connectivity index (χ1) is 16.9. The van der Waals surface area contributed by atoms with Gasteiger partial charge in [0.05, 0.1) is 40.5 Å². The minimum Gasteiger partial charge on any atom is -0.494 e. The van der Waals surface area contributed by atoms with Crippen LogP contribution in [0.2, 0.25) is 10.0 Å². The van der Waals surface area contributed by atoms with Crippen LogP contribution in [0.15, 0.2) is 30.3 Å². The summed E-state index contributed by atoms with van der Waals surface area (Å²) in [5.74, 6) is -0.504. The quantitative estimate of drug-likeness (QED) is 0.377. The Morgan fingerprint density at radius 3 is 2.44 bits per heavy atom. The Balaban J connectivity index is 1.87. The summed E-state index contributed by atoms with van der Waals surface area (Å²) in [6, 6.07) is 7.49.